The molecule has 6 nitrogen and oxygen atoms in total. The Bertz CT molecular complexity index is 842. The topological polar surface area (TPSA) is 92.7 Å². The number of rotatable bonds is 4. The van der Waals surface area contributed by atoms with Gasteiger partial charge in [0.1, 0.15) is 5.00 Å². The smallest absolute Gasteiger partial charge is 0.341 e. The summed E-state index contributed by atoms with van der Waals surface area (Å²) in [7, 11) is 1.34. The summed E-state index contributed by atoms with van der Waals surface area (Å²) in [6.07, 6.45) is 7.25. The van der Waals surface area contributed by atoms with E-state index in [1.54, 1.807) is 0 Å². The lowest BCUT2D eigenvalue weighted by Gasteiger charge is -2.23. The number of hydrogen-bond donors (Lipinski definition) is 2. The van der Waals surface area contributed by atoms with E-state index >= 15 is 0 Å². The predicted octanol–water partition coefficient (Wildman–Crippen LogP) is 3.12. The van der Waals surface area contributed by atoms with Gasteiger partial charge in [0.2, 0.25) is 5.91 Å². The fourth-order valence-corrected chi connectivity index (χ4v) is 6.27. The number of carboxylic acid groups (broad SMARTS) is 1. The Morgan fingerprint density at radius 2 is 1.93 bits per heavy atom. The van der Waals surface area contributed by atoms with Crippen LogP contribution < -0.4 is 5.32 Å². The molecule has 27 heavy (non-hydrogen) atoms. The van der Waals surface area contributed by atoms with Crippen molar-refractivity contribution in [2.75, 3.05) is 12.4 Å². The SMILES string of the molecule is COC(=O)c1c(NC(=O)C2C3C=CC(C3)C2C(=O)O)sc2c1CCC(C)C2. The number of aliphatic carboxylic acids is 1. The highest BCUT2D eigenvalue weighted by Gasteiger charge is 2.51. The quantitative estimate of drug-likeness (QED) is 0.610. The standard InChI is InChI=1S/C20H23NO5S/c1-9-3-6-12-13(7-9)27-18(16(12)20(25)26-2)21-17(22)14-10-4-5-11(8-10)15(14)19(23)24/h4-5,9-11,14-15H,3,6-8H2,1-2H3,(H,21,22)(H,23,24). The van der Waals surface area contributed by atoms with Crippen molar-refractivity contribution in [3.8, 4) is 0 Å². The first-order chi connectivity index (χ1) is 12.9. The van der Waals surface area contributed by atoms with Crippen molar-refractivity contribution in [2.24, 2.45) is 29.6 Å². The van der Waals surface area contributed by atoms with E-state index in [1.807, 2.05) is 12.2 Å². The number of fused-ring (bicyclic) bond motifs is 3. The minimum absolute atomic E-state index is 0.0488. The number of methoxy groups -OCH3 is 1. The van der Waals surface area contributed by atoms with E-state index < -0.39 is 23.8 Å². The molecule has 0 saturated heterocycles. The van der Waals surface area contributed by atoms with E-state index in [0.29, 0.717) is 22.9 Å². The molecular formula is C20H23NO5S. The second-order valence-electron chi connectivity index (χ2n) is 7.87. The number of carbonyl (C=O) groups is 3. The van der Waals surface area contributed by atoms with Crippen LogP contribution >= 0.6 is 11.3 Å². The molecule has 0 radical (unpaired) electrons. The van der Waals surface area contributed by atoms with Gasteiger partial charge in [-0.1, -0.05) is 19.1 Å². The lowest BCUT2D eigenvalue weighted by Crippen LogP contribution is -2.36. The van der Waals surface area contributed by atoms with E-state index in [2.05, 4.69) is 12.2 Å². The Hall–Kier alpha value is -2.15. The summed E-state index contributed by atoms with van der Waals surface area (Å²) in [6.45, 7) is 2.18. The van der Waals surface area contributed by atoms with Gasteiger partial charge in [-0.05, 0) is 49.0 Å². The van der Waals surface area contributed by atoms with Crippen LogP contribution in [0.15, 0.2) is 12.2 Å². The van der Waals surface area contributed by atoms with Crippen LogP contribution in [0, 0.1) is 29.6 Å². The lowest BCUT2D eigenvalue weighted by molar-refractivity contribution is -0.146. The maximum Gasteiger partial charge on any atom is 0.341 e. The van der Waals surface area contributed by atoms with Gasteiger partial charge in [0.25, 0.3) is 0 Å². The van der Waals surface area contributed by atoms with Crippen LogP contribution in [0.3, 0.4) is 0 Å². The molecule has 7 heteroatoms. The number of anilines is 1. The number of ether oxygens (including phenoxy) is 1. The van der Waals surface area contributed by atoms with E-state index in [9.17, 15) is 19.5 Å². The molecule has 2 N–H and O–H groups in total. The molecule has 5 atom stereocenters. The molecule has 1 fully saturated rings. The Labute approximate surface area is 161 Å². The van der Waals surface area contributed by atoms with E-state index in [1.165, 1.54) is 18.4 Å². The van der Waals surface area contributed by atoms with Crippen LogP contribution in [0.2, 0.25) is 0 Å². The van der Waals surface area contributed by atoms with Crippen LogP contribution in [0.25, 0.3) is 0 Å². The first-order valence-corrected chi connectivity index (χ1v) is 10.2. The van der Waals surface area contributed by atoms with Crippen molar-refractivity contribution in [2.45, 2.75) is 32.6 Å². The summed E-state index contributed by atoms with van der Waals surface area (Å²) >= 11 is 1.43. The third kappa shape index (κ3) is 2.98. The van der Waals surface area contributed by atoms with Crippen molar-refractivity contribution in [3.63, 3.8) is 0 Å². The highest BCUT2D eigenvalue weighted by molar-refractivity contribution is 7.17. The molecule has 2 bridgehead atoms. The van der Waals surface area contributed by atoms with Gasteiger partial charge in [-0.25, -0.2) is 4.79 Å². The van der Waals surface area contributed by atoms with Crippen molar-refractivity contribution >= 4 is 34.2 Å². The predicted molar refractivity (Wildman–Crippen MR) is 101 cm³/mol. The van der Waals surface area contributed by atoms with Crippen LogP contribution in [0.4, 0.5) is 5.00 Å². The lowest BCUT2D eigenvalue weighted by atomic mass is 9.82. The third-order valence-corrected chi connectivity index (χ3v) is 7.35. The molecule has 1 heterocycles. The van der Waals surface area contributed by atoms with Gasteiger partial charge in [0, 0.05) is 4.88 Å². The first kappa shape index (κ1) is 18.2. The molecule has 0 aromatic carbocycles. The van der Waals surface area contributed by atoms with Gasteiger partial charge in [0.05, 0.1) is 24.5 Å². The van der Waals surface area contributed by atoms with E-state index in [0.717, 1.165) is 29.7 Å². The molecule has 3 aliphatic rings. The van der Waals surface area contributed by atoms with Gasteiger partial charge < -0.3 is 15.2 Å². The Morgan fingerprint density at radius 3 is 2.59 bits per heavy atom. The summed E-state index contributed by atoms with van der Waals surface area (Å²) in [5.41, 5.74) is 1.42. The fraction of sp³-hybridized carbons (Fsp3) is 0.550. The summed E-state index contributed by atoms with van der Waals surface area (Å²) in [4.78, 5) is 38.2. The molecule has 0 spiro atoms. The van der Waals surface area contributed by atoms with Crippen LogP contribution in [-0.4, -0.2) is 30.1 Å². The Kier molecular flexibility index (Phi) is 4.58. The summed E-state index contributed by atoms with van der Waals surface area (Å²) in [6, 6.07) is 0. The van der Waals surface area contributed by atoms with Gasteiger partial charge in [-0.2, -0.15) is 0 Å². The second-order valence-corrected chi connectivity index (χ2v) is 8.98. The second kappa shape index (κ2) is 6.78. The number of carboxylic acids is 1. The summed E-state index contributed by atoms with van der Waals surface area (Å²) in [5.74, 6) is -2.57. The highest BCUT2D eigenvalue weighted by Crippen LogP contribution is 2.49. The molecule has 5 unspecified atom stereocenters. The normalized spacial score (nSPS) is 30.8. The molecule has 1 amide bonds. The first-order valence-electron chi connectivity index (χ1n) is 9.35. The molecule has 1 aromatic rings. The van der Waals surface area contributed by atoms with Gasteiger partial charge >= 0.3 is 11.9 Å². The number of amides is 1. The largest absolute Gasteiger partial charge is 0.481 e. The molecule has 1 aromatic heterocycles. The number of thiophene rings is 1. The average molecular weight is 389 g/mol. The number of carbonyl (C=O) groups excluding carboxylic acids is 2. The summed E-state index contributed by atoms with van der Waals surface area (Å²) in [5, 5.41) is 13.0. The van der Waals surface area contributed by atoms with Crippen molar-refractivity contribution in [1.82, 2.24) is 0 Å². The molecule has 0 aliphatic heterocycles. The monoisotopic (exact) mass is 389 g/mol. The van der Waals surface area contributed by atoms with Gasteiger partial charge in [-0.15, -0.1) is 11.3 Å². The van der Waals surface area contributed by atoms with E-state index in [4.69, 9.17) is 4.74 Å². The van der Waals surface area contributed by atoms with Gasteiger partial charge in [0.15, 0.2) is 0 Å². The number of esters is 1. The molecule has 144 valence electrons. The molecular weight excluding hydrogens is 366 g/mol. The molecule has 4 rings (SSSR count). The summed E-state index contributed by atoms with van der Waals surface area (Å²) < 4.78 is 4.96. The zero-order valence-corrected chi connectivity index (χ0v) is 16.2. The third-order valence-electron chi connectivity index (χ3n) is 6.19. The Morgan fingerprint density at radius 1 is 1.22 bits per heavy atom. The minimum Gasteiger partial charge on any atom is -0.481 e. The number of hydrogen-bond acceptors (Lipinski definition) is 5. The fourth-order valence-electron chi connectivity index (χ4n) is 4.87. The zero-order chi connectivity index (χ0) is 19.3. The maximum absolute atomic E-state index is 13.0. The molecule has 1 saturated carbocycles. The zero-order valence-electron chi connectivity index (χ0n) is 15.4. The van der Waals surface area contributed by atoms with E-state index in [-0.39, 0.29) is 17.7 Å². The minimum atomic E-state index is -0.931. The maximum atomic E-state index is 13.0. The van der Waals surface area contributed by atoms with Crippen LogP contribution in [-0.2, 0) is 27.2 Å². The Balaban J connectivity index is 1.64. The van der Waals surface area contributed by atoms with Crippen LogP contribution in [0.1, 0.15) is 40.6 Å². The average Bonchev–Trinajstić information content (AvgIpc) is 3.32. The van der Waals surface area contributed by atoms with Crippen molar-refractivity contribution in [3.05, 3.63) is 28.2 Å². The van der Waals surface area contributed by atoms with Crippen molar-refractivity contribution < 1.29 is 24.2 Å². The van der Waals surface area contributed by atoms with Gasteiger partial charge in [-0.3, -0.25) is 9.59 Å². The van der Waals surface area contributed by atoms with Crippen molar-refractivity contribution in [1.29, 1.82) is 0 Å². The van der Waals surface area contributed by atoms with Crippen LogP contribution in [0.5, 0.6) is 0 Å². The number of nitrogens with one attached hydrogen (secondary N) is 1. The highest BCUT2D eigenvalue weighted by atomic mass is 32.1. The number of allylic oxidation sites excluding steroid dienone is 2. The molecule has 3 aliphatic carbocycles.